The van der Waals surface area contributed by atoms with Crippen LogP contribution in [0.15, 0.2) is 205 Å². The van der Waals surface area contributed by atoms with Gasteiger partial charge in [-0.05, 0) is 128 Å². The molecule has 244 valence electrons. The lowest BCUT2D eigenvalue weighted by molar-refractivity contribution is 0.669. The van der Waals surface area contributed by atoms with E-state index in [0.717, 1.165) is 50.1 Å². The van der Waals surface area contributed by atoms with Crippen LogP contribution in [0.2, 0.25) is 0 Å². The molecular weight excluding hydrogens is 631 g/mol. The van der Waals surface area contributed by atoms with E-state index < -0.39 is 0 Å². The molecule has 0 aliphatic carbocycles. The van der Waals surface area contributed by atoms with Crippen LogP contribution in [0.25, 0.3) is 76.9 Å². The first kappa shape index (κ1) is 30.0. The molecule has 2 heteroatoms. The Morgan fingerprint density at radius 2 is 0.731 bits per heavy atom. The number of nitrogens with zero attached hydrogens (tertiary/aromatic N) is 1. The zero-order valence-electron chi connectivity index (χ0n) is 28.4. The molecule has 9 aromatic carbocycles. The van der Waals surface area contributed by atoms with Crippen molar-refractivity contribution in [1.29, 1.82) is 0 Å². The lowest BCUT2D eigenvalue weighted by Crippen LogP contribution is -2.10. The Kier molecular flexibility index (Phi) is 7.18. The lowest BCUT2D eigenvalue weighted by Gasteiger charge is -2.26. The minimum atomic E-state index is 0.905. The summed E-state index contributed by atoms with van der Waals surface area (Å²) in [5.41, 5.74) is 12.3. The van der Waals surface area contributed by atoms with Gasteiger partial charge in [0.05, 0.1) is 0 Å². The van der Waals surface area contributed by atoms with Gasteiger partial charge in [0.15, 0.2) is 0 Å². The normalized spacial score (nSPS) is 11.5. The molecule has 0 atom stereocenters. The SMILES string of the molecule is c1ccc(N(c2cccc(-c3ccc4cc(-c5ccc6ccccc6c5)ccc4c3)c2)c2cccc(-c3ccc4oc5ccccc5c4c3)c2)cc1. The maximum absolute atomic E-state index is 6.12. The van der Waals surface area contributed by atoms with Gasteiger partial charge in [-0.3, -0.25) is 0 Å². The highest BCUT2D eigenvalue weighted by Crippen LogP contribution is 2.40. The van der Waals surface area contributed by atoms with Gasteiger partial charge in [-0.1, -0.05) is 127 Å². The van der Waals surface area contributed by atoms with E-state index in [1.807, 2.05) is 12.1 Å². The van der Waals surface area contributed by atoms with Crippen LogP contribution in [0.4, 0.5) is 17.1 Å². The monoisotopic (exact) mass is 663 g/mol. The van der Waals surface area contributed by atoms with Gasteiger partial charge in [0.25, 0.3) is 0 Å². The van der Waals surface area contributed by atoms with Crippen molar-refractivity contribution in [3.63, 3.8) is 0 Å². The van der Waals surface area contributed by atoms with Crippen LogP contribution in [0.1, 0.15) is 0 Å². The number of anilines is 3. The third-order valence-electron chi connectivity index (χ3n) is 10.2. The molecule has 0 unspecified atom stereocenters. The summed E-state index contributed by atoms with van der Waals surface area (Å²) >= 11 is 0. The van der Waals surface area contributed by atoms with E-state index in [1.54, 1.807) is 0 Å². The van der Waals surface area contributed by atoms with Crippen LogP contribution >= 0.6 is 0 Å². The smallest absolute Gasteiger partial charge is 0.135 e. The molecule has 0 saturated heterocycles. The van der Waals surface area contributed by atoms with Crippen LogP contribution in [-0.4, -0.2) is 0 Å². The fourth-order valence-corrected chi connectivity index (χ4v) is 7.55. The standard InChI is InChI=1S/C50H33NO/c1-2-14-44(15-3-1)51(46-17-9-13-37(32-46)43-26-27-50-48(33-43)47-18-6-7-19-49(47)52-50)45-16-8-12-36(31-45)38-22-23-42-30-41(25-24-40(42)29-38)39-21-20-34-10-4-5-11-35(34)28-39/h1-33H. The molecule has 2 nitrogen and oxygen atoms in total. The summed E-state index contributed by atoms with van der Waals surface area (Å²) in [6, 6.07) is 71.9. The minimum Gasteiger partial charge on any atom is -0.456 e. The molecule has 0 aliphatic rings. The highest BCUT2D eigenvalue weighted by atomic mass is 16.3. The van der Waals surface area contributed by atoms with E-state index in [9.17, 15) is 0 Å². The van der Waals surface area contributed by atoms with Gasteiger partial charge in [0.1, 0.15) is 11.2 Å². The summed E-state index contributed by atoms with van der Waals surface area (Å²) in [5.74, 6) is 0. The van der Waals surface area contributed by atoms with Crippen molar-refractivity contribution in [2.24, 2.45) is 0 Å². The average Bonchev–Trinajstić information content (AvgIpc) is 3.59. The maximum atomic E-state index is 6.12. The Hall–Kier alpha value is -6.90. The molecule has 1 aromatic heterocycles. The largest absolute Gasteiger partial charge is 0.456 e. The van der Waals surface area contributed by atoms with Crippen molar-refractivity contribution in [3.8, 4) is 33.4 Å². The molecule has 0 radical (unpaired) electrons. The summed E-state index contributed by atoms with van der Waals surface area (Å²) in [5, 5.41) is 7.25. The molecule has 1 heterocycles. The number of furan rings is 1. The molecule has 52 heavy (non-hydrogen) atoms. The van der Waals surface area contributed by atoms with Gasteiger partial charge in [0, 0.05) is 27.8 Å². The van der Waals surface area contributed by atoms with Crippen LogP contribution in [0, 0.1) is 0 Å². The first-order valence-corrected chi connectivity index (χ1v) is 17.7. The van der Waals surface area contributed by atoms with Gasteiger partial charge in [-0.25, -0.2) is 0 Å². The van der Waals surface area contributed by atoms with Crippen molar-refractivity contribution < 1.29 is 4.42 Å². The van der Waals surface area contributed by atoms with E-state index in [2.05, 4.69) is 193 Å². The fourth-order valence-electron chi connectivity index (χ4n) is 7.55. The van der Waals surface area contributed by atoms with E-state index >= 15 is 0 Å². The molecule has 0 aliphatic heterocycles. The Morgan fingerprint density at radius 1 is 0.269 bits per heavy atom. The van der Waals surface area contributed by atoms with E-state index in [1.165, 1.54) is 43.8 Å². The maximum Gasteiger partial charge on any atom is 0.135 e. The number of hydrogen-bond donors (Lipinski definition) is 0. The van der Waals surface area contributed by atoms with Gasteiger partial charge in [-0.2, -0.15) is 0 Å². The van der Waals surface area contributed by atoms with Crippen LogP contribution in [0.3, 0.4) is 0 Å². The number of rotatable bonds is 6. The quantitative estimate of drug-likeness (QED) is 0.176. The number of fused-ring (bicyclic) bond motifs is 5. The average molecular weight is 664 g/mol. The molecule has 0 N–H and O–H groups in total. The lowest BCUT2D eigenvalue weighted by atomic mass is 9.96. The van der Waals surface area contributed by atoms with Gasteiger partial charge in [0.2, 0.25) is 0 Å². The first-order chi connectivity index (χ1) is 25.7. The molecule has 0 spiro atoms. The Balaban J connectivity index is 1.01. The summed E-state index contributed by atoms with van der Waals surface area (Å²) in [4.78, 5) is 2.34. The van der Waals surface area contributed by atoms with E-state index in [-0.39, 0.29) is 0 Å². The van der Waals surface area contributed by atoms with Crippen LogP contribution in [0.5, 0.6) is 0 Å². The third-order valence-corrected chi connectivity index (χ3v) is 10.2. The summed E-state index contributed by atoms with van der Waals surface area (Å²) in [7, 11) is 0. The predicted molar refractivity (Wildman–Crippen MR) is 220 cm³/mol. The first-order valence-electron chi connectivity index (χ1n) is 17.7. The number of para-hydroxylation sites is 2. The van der Waals surface area contributed by atoms with Gasteiger partial charge >= 0.3 is 0 Å². The van der Waals surface area contributed by atoms with Crippen LogP contribution < -0.4 is 4.90 Å². The highest BCUT2D eigenvalue weighted by Gasteiger charge is 2.15. The topological polar surface area (TPSA) is 16.4 Å². The Bertz CT molecular complexity index is 2920. The highest BCUT2D eigenvalue weighted by molar-refractivity contribution is 6.06. The number of benzene rings is 9. The second-order valence-electron chi connectivity index (χ2n) is 13.4. The zero-order chi connectivity index (χ0) is 34.4. The molecule has 0 bridgehead atoms. The molecule has 0 amide bonds. The third kappa shape index (κ3) is 5.39. The molecule has 0 saturated carbocycles. The molecule has 10 rings (SSSR count). The van der Waals surface area contributed by atoms with Crippen molar-refractivity contribution in [3.05, 3.63) is 200 Å². The minimum absolute atomic E-state index is 0.905. The van der Waals surface area contributed by atoms with E-state index in [4.69, 9.17) is 4.42 Å². The second-order valence-corrected chi connectivity index (χ2v) is 13.4. The zero-order valence-corrected chi connectivity index (χ0v) is 28.4. The molecule has 10 aromatic rings. The van der Waals surface area contributed by atoms with Gasteiger partial charge < -0.3 is 9.32 Å². The second kappa shape index (κ2) is 12.5. The molecular formula is C50H33NO. The summed E-state index contributed by atoms with van der Waals surface area (Å²) in [6.45, 7) is 0. The van der Waals surface area contributed by atoms with Crippen LogP contribution in [-0.2, 0) is 0 Å². The summed E-state index contributed by atoms with van der Waals surface area (Å²) in [6.07, 6.45) is 0. The van der Waals surface area contributed by atoms with Crippen molar-refractivity contribution in [2.45, 2.75) is 0 Å². The van der Waals surface area contributed by atoms with Crippen molar-refractivity contribution in [1.82, 2.24) is 0 Å². The van der Waals surface area contributed by atoms with Crippen molar-refractivity contribution >= 4 is 60.5 Å². The summed E-state index contributed by atoms with van der Waals surface area (Å²) < 4.78 is 6.12. The predicted octanol–water partition coefficient (Wildman–Crippen LogP) is 14.4. The van der Waals surface area contributed by atoms with E-state index in [0.29, 0.717) is 0 Å². The molecule has 0 fully saturated rings. The Labute approximate surface area is 302 Å². The van der Waals surface area contributed by atoms with Crippen molar-refractivity contribution in [2.75, 3.05) is 4.90 Å². The number of hydrogen-bond acceptors (Lipinski definition) is 2. The Morgan fingerprint density at radius 3 is 1.40 bits per heavy atom. The fraction of sp³-hybridized carbons (Fsp3) is 0. The van der Waals surface area contributed by atoms with Gasteiger partial charge in [-0.15, -0.1) is 0 Å².